The largest absolute Gasteiger partial charge is 0.481 e. The van der Waals surface area contributed by atoms with Crippen molar-refractivity contribution in [2.75, 3.05) is 0 Å². The SMILES string of the molecule is O=C(O)C1CC1c1cc2c(s1)CCCC2. The van der Waals surface area contributed by atoms with Crippen LogP contribution in [0.5, 0.6) is 0 Å². The monoisotopic (exact) mass is 222 g/mol. The van der Waals surface area contributed by atoms with Gasteiger partial charge in [0.15, 0.2) is 0 Å². The number of fused-ring (bicyclic) bond motifs is 1. The summed E-state index contributed by atoms with van der Waals surface area (Å²) in [5.41, 5.74) is 1.50. The quantitative estimate of drug-likeness (QED) is 0.835. The maximum atomic E-state index is 10.8. The summed E-state index contributed by atoms with van der Waals surface area (Å²) >= 11 is 1.86. The van der Waals surface area contributed by atoms with Gasteiger partial charge in [-0.25, -0.2) is 0 Å². The third kappa shape index (κ3) is 1.59. The van der Waals surface area contributed by atoms with Crippen LogP contribution in [0.1, 0.15) is 40.5 Å². The zero-order valence-corrected chi connectivity index (χ0v) is 9.35. The number of carboxylic acid groups (broad SMARTS) is 1. The van der Waals surface area contributed by atoms with Gasteiger partial charge in [-0.1, -0.05) is 0 Å². The molecular weight excluding hydrogens is 208 g/mol. The zero-order valence-electron chi connectivity index (χ0n) is 8.53. The molecule has 1 aromatic heterocycles. The van der Waals surface area contributed by atoms with Gasteiger partial charge in [0, 0.05) is 15.7 Å². The topological polar surface area (TPSA) is 37.3 Å². The minimum atomic E-state index is -0.619. The Bertz CT molecular complexity index is 384. The first-order valence-electron chi connectivity index (χ1n) is 5.60. The Labute approximate surface area is 92.9 Å². The van der Waals surface area contributed by atoms with E-state index in [0.29, 0.717) is 5.92 Å². The smallest absolute Gasteiger partial charge is 0.307 e. The van der Waals surface area contributed by atoms with Gasteiger partial charge in [-0.3, -0.25) is 4.79 Å². The maximum absolute atomic E-state index is 10.8. The van der Waals surface area contributed by atoms with E-state index in [-0.39, 0.29) is 5.92 Å². The number of hydrogen-bond acceptors (Lipinski definition) is 2. The van der Waals surface area contributed by atoms with Gasteiger partial charge in [0.1, 0.15) is 0 Å². The van der Waals surface area contributed by atoms with E-state index in [9.17, 15) is 4.79 Å². The highest BCUT2D eigenvalue weighted by Crippen LogP contribution is 2.51. The van der Waals surface area contributed by atoms with E-state index in [0.717, 1.165) is 6.42 Å². The van der Waals surface area contributed by atoms with Crippen LogP contribution in [0.3, 0.4) is 0 Å². The van der Waals surface area contributed by atoms with Crippen LogP contribution in [-0.2, 0) is 17.6 Å². The van der Waals surface area contributed by atoms with Crippen LogP contribution in [-0.4, -0.2) is 11.1 Å². The fourth-order valence-corrected chi connectivity index (χ4v) is 3.91. The molecule has 0 aromatic carbocycles. The Morgan fingerprint density at radius 1 is 1.40 bits per heavy atom. The highest BCUT2D eigenvalue weighted by Gasteiger charge is 2.45. The Morgan fingerprint density at radius 2 is 2.20 bits per heavy atom. The van der Waals surface area contributed by atoms with Crippen molar-refractivity contribution in [3.05, 3.63) is 21.4 Å². The summed E-state index contributed by atoms with van der Waals surface area (Å²) in [5, 5.41) is 8.89. The molecule has 2 aliphatic rings. The first-order chi connectivity index (χ1) is 7.25. The molecule has 0 radical (unpaired) electrons. The molecule has 1 heterocycles. The second kappa shape index (κ2) is 3.34. The van der Waals surface area contributed by atoms with E-state index in [4.69, 9.17) is 5.11 Å². The van der Waals surface area contributed by atoms with Crippen LogP contribution in [0.4, 0.5) is 0 Å². The minimum absolute atomic E-state index is 0.0925. The van der Waals surface area contributed by atoms with Gasteiger partial charge >= 0.3 is 5.97 Å². The molecule has 0 amide bonds. The third-order valence-electron chi connectivity index (χ3n) is 3.49. The Kier molecular flexibility index (Phi) is 2.09. The van der Waals surface area contributed by atoms with E-state index in [1.807, 2.05) is 11.3 Å². The van der Waals surface area contributed by atoms with E-state index in [1.54, 1.807) is 0 Å². The number of hydrogen-bond donors (Lipinski definition) is 1. The minimum Gasteiger partial charge on any atom is -0.481 e. The summed E-state index contributed by atoms with van der Waals surface area (Å²) in [5.74, 6) is -0.380. The van der Waals surface area contributed by atoms with Crippen molar-refractivity contribution < 1.29 is 9.90 Å². The van der Waals surface area contributed by atoms with Gasteiger partial charge in [-0.2, -0.15) is 0 Å². The highest BCUT2D eigenvalue weighted by atomic mass is 32.1. The first kappa shape index (κ1) is 9.40. The summed E-state index contributed by atoms with van der Waals surface area (Å²) in [6.45, 7) is 0. The van der Waals surface area contributed by atoms with Crippen molar-refractivity contribution in [3.63, 3.8) is 0 Å². The van der Waals surface area contributed by atoms with E-state index in [1.165, 1.54) is 41.0 Å². The normalized spacial score (nSPS) is 28.5. The van der Waals surface area contributed by atoms with Gasteiger partial charge in [0.2, 0.25) is 0 Å². The van der Waals surface area contributed by atoms with E-state index in [2.05, 4.69) is 6.07 Å². The third-order valence-corrected chi connectivity index (χ3v) is 4.86. The lowest BCUT2D eigenvalue weighted by molar-refractivity contribution is -0.138. The summed E-state index contributed by atoms with van der Waals surface area (Å²) in [7, 11) is 0. The second-order valence-electron chi connectivity index (χ2n) is 4.59. The van der Waals surface area contributed by atoms with Crippen LogP contribution >= 0.6 is 11.3 Å². The molecule has 1 aromatic rings. The average molecular weight is 222 g/mol. The second-order valence-corrected chi connectivity index (χ2v) is 5.76. The summed E-state index contributed by atoms with van der Waals surface area (Å²) in [6.07, 6.45) is 5.88. The predicted molar refractivity (Wildman–Crippen MR) is 59.4 cm³/mol. The molecule has 15 heavy (non-hydrogen) atoms. The lowest BCUT2D eigenvalue weighted by atomic mass is 9.99. The zero-order chi connectivity index (χ0) is 10.4. The van der Waals surface area contributed by atoms with Gasteiger partial charge in [0.25, 0.3) is 0 Å². The number of aryl methyl sites for hydroxylation is 2. The van der Waals surface area contributed by atoms with Crippen molar-refractivity contribution in [2.24, 2.45) is 5.92 Å². The molecule has 2 nitrogen and oxygen atoms in total. The first-order valence-corrected chi connectivity index (χ1v) is 6.41. The molecule has 1 fully saturated rings. The van der Waals surface area contributed by atoms with E-state index < -0.39 is 5.97 Å². The standard InChI is InChI=1S/C12H14O2S/c13-12(14)9-6-8(9)11-5-7-3-1-2-4-10(7)15-11/h5,8-9H,1-4,6H2,(H,13,14). The molecule has 0 saturated heterocycles. The molecule has 1 N–H and O–H groups in total. The molecule has 2 aliphatic carbocycles. The Morgan fingerprint density at radius 3 is 2.87 bits per heavy atom. The molecule has 80 valence electrons. The van der Waals surface area contributed by atoms with Crippen molar-refractivity contribution in [1.82, 2.24) is 0 Å². The number of aliphatic carboxylic acids is 1. The van der Waals surface area contributed by atoms with Gasteiger partial charge in [-0.15, -0.1) is 11.3 Å². The predicted octanol–water partition coefficient (Wildman–Crippen LogP) is 2.82. The molecule has 0 spiro atoms. The number of thiophene rings is 1. The summed E-state index contributed by atoms with van der Waals surface area (Å²) in [4.78, 5) is 13.6. The van der Waals surface area contributed by atoms with Crippen molar-refractivity contribution in [1.29, 1.82) is 0 Å². The molecular formula is C12H14O2S. The number of carbonyl (C=O) groups is 1. The molecule has 0 aliphatic heterocycles. The Balaban J connectivity index is 1.82. The highest BCUT2D eigenvalue weighted by molar-refractivity contribution is 7.12. The van der Waals surface area contributed by atoms with Crippen molar-refractivity contribution in [2.45, 2.75) is 38.0 Å². The number of rotatable bonds is 2. The molecule has 2 unspecified atom stereocenters. The van der Waals surface area contributed by atoms with Crippen LogP contribution in [0, 0.1) is 5.92 Å². The summed E-state index contributed by atoms with van der Waals surface area (Å²) in [6, 6.07) is 2.27. The molecule has 1 saturated carbocycles. The lowest BCUT2D eigenvalue weighted by Crippen LogP contribution is -1.98. The number of carboxylic acids is 1. The van der Waals surface area contributed by atoms with Gasteiger partial charge in [-0.05, 0) is 43.7 Å². The molecule has 2 atom stereocenters. The van der Waals surface area contributed by atoms with Crippen LogP contribution in [0.15, 0.2) is 6.07 Å². The van der Waals surface area contributed by atoms with Crippen molar-refractivity contribution >= 4 is 17.3 Å². The fourth-order valence-electron chi connectivity index (χ4n) is 2.48. The maximum Gasteiger partial charge on any atom is 0.307 e. The van der Waals surface area contributed by atoms with Gasteiger partial charge < -0.3 is 5.11 Å². The average Bonchev–Trinajstić information content (AvgIpc) is 2.91. The molecule has 0 bridgehead atoms. The van der Waals surface area contributed by atoms with Crippen LogP contribution in [0.2, 0.25) is 0 Å². The van der Waals surface area contributed by atoms with Gasteiger partial charge in [0.05, 0.1) is 5.92 Å². The van der Waals surface area contributed by atoms with Crippen LogP contribution < -0.4 is 0 Å². The summed E-state index contributed by atoms with van der Waals surface area (Å²) < 4.78 is 0. The lowest BCUT2D eigenvalue weighted by Gasteiger charge is -2.08. The van der Waals surface area contributed by atoms with Crippen molar-refractivity contribution in [3.8, 4) is 0 Å². The van der Waals surface area contributed by atoms with E-state index >= 15 is 0 Å². The fraction of sp³-hybridized carbons (Fsp3) is 0.583. The molecule has 3 rings (SSSR count). The molecule has 3 heteroatoms. The van der Waals surface area contributed by atoms with Crippen LogP contribution in [0.25, 0.3) is 0 Å². The Hall–Kier alpha value is -0.830.